The Morgan fingerprint density at radius 1 is 0.810 bits per heavy atom. The van der Waals surface area contributed by atoms with Gasteiger partial charge in [-0.25, -0.2) is 4.39 Å². The number of benzene rings is 2. The fourth-order valence-electron chi connectivity index (χ4n) is 2.55. The van der Waals surface area contributed by atoms with Crippen molar-refractivity contribution in [3.05, 3.63) is 70.8 Å². The molecule has 0 atom stereocenters. The molecular formula is C17H16F4. The number of alkyl halides is 4. The second-order valence-corrected chi connectivity index (χ2v) is 5.28. The molecule has 0 amide bonds. The van der Waals surface area contributed by atoms with Crippen LogP contribution in [0.15, 0.2) is 48.5 Å². The van der Waals surface area contributed by atoms with Gasteiger partial charge in [0.1, 0.15) is 12.1 Å². The van der Waals surface area contributed by atoms with E-state index in [2.05, 4.69) is 0 Å². The third-order valence-corrected chi connectivity index (χ3v) is 3.71. The van der Waals surface area contributed by atoms with Crippen LogP contribution in [0, 0.1) is 13.8 Å². The Hall–Kier alpha value is -1.84. The van der Waals surface area contributed by atoms with Gasteiger partial charge in [0.2, 0.25) is 0 Å². The minimum atomic E-state index is -4.72. The summed E-state index contributed by atoms with van der Waals surface area (Å²) in [5.74, 6) is 0. The number of rotatable bonds is 3. The Kier molecular flexibility index (Phi) is 4.08. The highest BCUT2D eigenvalue weighted by Gasteiger charge is 2.57. The highest BCUT2D eigenvalue weighted by molar-refractivity contribution is 5.44. The topological polar surface area (TPSA) is 0 Å². The summed E-state index contributed by atoms with van der Waals surface area (Å²) >= 11 is 0. The summed E-state index contributed by atoms with van der Waals surface area (Å²) in [5, 5.41) is 0. The number of hydrogen-bond acceptors (Lipinski definition) is 0. The second-order valence-electron chi connectivity index (χ2n) is 5.28. The molecule has 112 valence electrons. The monoisotopic (exact) mass is 296 g/mol. The molecule has 2 aromatic rings. The van der Waals surface area contributed by atoms with Crippen molar-refractivity contribution in [2.45, 2.75) is 25.4 Å². The molecule has 0 saturated carbocycles. The smallest absolute Gasteiger partial charge is 0.249 e. The zero-order valence-corrected chi connectivity index (χ0v) is 11.8. The van der Waals surface area contributed by atoms with Crippen molar-refractivity contribution >= 4 is 0 Å². The molecule has 0 radical (unpaired) electrons. The van der Waals surface area contributed by atoms with E-state index < -0.39 is 18.3 Å². The summed E-state index contributed by atoms with van der Waals surface area (Å²) in [6, 6.07) is 11.9. The Morgan fingerprint density at radius 3 is 1.52 bits per heavy atom. The lowest BCUT2D eigenvalue weighted by Gasteiger charge is -2.34. The fourth-order valence-corrected chi connectivity index (χ4v) is 2.55. The molecule has 0 unspecified atom stereocenters. The van der Waals surface area contributed by atoms with Crippen LogP contribution < -0.4 is 0 Å². The van der Waals surface area contributed by atoms with Crippen molar-refractivity contribution in [3.63, 3.8) is 0 Å². The van der Waals surface area contributed by atoms with E-state index in [-0.39, 0.29) is 11.1 Å². The Labute approximate surface area is 121 Å². The van der Waals surface area contributed by atoms with Gasteiger partial charge in [0, 0.05) is 0 Å². The van der Waals surface area contributed by atoms with Gasteiger partial charge < -0.3 is 0 Å². The maximum atomic E-state index is 13.8. The highest BCUT2D eigenvalue weighted by Crippen LogP contribution is 2.47. The van der Waals surface area contributed by atoms with Gasteiger partial charge in [-0.3, -0.25) is 0 Å². The Balaban J connectivity index is 2.76. The summed E-state index contributed by atoms with van der Waals surface area (Å²) in [6.07, 6.45) is -4.72. The van der Waals surface area contributed by atoms with Gasteiger partial charge in [0.25, 0.3) is 0 Å². The first-order valence-corrected chi connectivity index (χ1v) is 6.58. The Bertz CT molecular complexity index is 583. The van der Waals surface area contributed by atoms with E-state index >= 15 is 0 Å². The lowest BCUT2D eigenvalue weighted by atomic mass is 9.74. The summed E-state index contributed by atoms with van der Waals surface area (Å²) in [5.41, 5.74) is -1.42. The zero-order chi connectivity index (χ0) is 15.7. The van der Waals surface area contributed by atoms with Crippen LogP contribution in [0.1, 0.15) is 22.3 Å². The van der Waals surface area contributed by atoms with E-state index in [1.165, 1.54) is 36.4 Å². The lowest BCUT2D eigenvalue weighted by Crippen LogP contribution is -2.45. The first kappa shape index (κ1) is 15.5. The molecule has 2 aromatic carbocycles. The summed E-state index contributed by atoms with van der Waals surface area (Å²) in [4.78, 5) is 0. The largest absolute Gasteiger partial charge is 0.404 e. The van der Waals surface area contributed by atoms with Crippen molar-refractivity contribution in [2.24, 2.45) is 0 Å². The summed E-state index contributed by atoms with van der Waals surface area (Å²) in [7, 11) is 0. The van der Waals surface area contributed by atoms with E-state index in [9.17, 15) is 17.6 Å². The van der Waals surface area contributed by atoms with E-state index in [1.807, 2.05) is 0 Å². The molecule has 0 fully saturated rings. The fraction of sp³-hybridized carbons (Fsp3) is 0.294. The number of halogens is 4. The van der Waals surface area contributed by atoms with Crippen LogP contribution in [0.2, 0.25) is 0 Å². The number of hydrogen-bond donors (Lipinski definition) is 0. The normalized spacial score (nSPS) is 12.5. The van der Waals surface area contributed by atoms with Gasteiger partial charge in [-0.2, -0.15) is 13.2 Å². The van der Waals surface area contributed by atoms with Gasteiger partial charge in [-0.15, -0.1) is 0 Å². The molecular weight excluding hydrogens is 280 g/mol. The van der Waals surface area contributed by atoms with Gasteiger partial charge >= 0.3 is 6.18 Å². The summed E-state index contributed by atoms with van der Waals surface area (Å²) in [6.45, 7) is 1.86. The molecule has 2 rings (SSSR count). The van der Waals surface area contributed by atoms with Crippen LogP contribution in [-0.2, 0) is 5.41 Å². The molecule has 0 heterocycles. The lowest BCUT2D eigenvalue weighted by molar-refractivity contribution is -0.182. The molecule has 4 heteroatoms. The molecule has 0 spiro atoms. The van der Waals surface area contributed by atoms with E-state index in [1.54, 1.807) is 26.0 Å². The molecule has 0 aliphatic heterocycles. The third kappa shape index (κ3) is 2.67. The van der Waals surface area contributed by atoms with Gasteiger partial charge in [-0.1, -0.05) is 59.7 Å². The molecule has 0 nitrogen and oxygen atoms in total. The first-order chi connectivity index (χ1) is 9.81. The van der Waals surface area contributed by atoms with Gasteiger partial charge in [0.15, 0.2) is 0 Å². The van der Waals surface area contributed by atoms with Gasteiger partial charge in [-0.05, 0) is 25.0 Å². The summed E-state index contributed by atoms with van der Waals surface area (Å²) < 4.78 is 55.0. The van der Waals surface area contributed by atoms with Crippen molar-refractivity contribution < 1.29 is 17.6 Å². The average molecular weight is 296 g/mol. The predicted octanol–water partition coefficient (Wildman–Crippen LogP) is 5.12. The van der Waals surface area contributed by atoms with Crippen LogP contribution >= 0.6 is 0 Å². The molecule has 0 saturated heterocycles. The molecule has 21 heavy (non-hydrogen) atoms. The van der Waals surface area contributed by atoms with E-state index in [4.69, 9.17) is 0 Å². The van der Waals surface area contributed by atoms with Crippen LogP contribution in [-0.4, -0.2) is 12.9 Å². The maximum absolute atomic E-state index is 13.8. The van der Waals surface area contributed by atoms with Crippen molar-refractivity contribution in [1.82, 2.24) is 0 Å². The Morgan fingerprint density at radius 2 is 1.24 bits per heavy atom. The molecule has 0 N–H and O–H groups in total. The van der Waals surface area contributed by atoms with Crippen molar-refractivity contribution in [1.29, 1.82) is 0 Å². The predicted molar refractivity (Wildman–Crippen MR) is 75.2 cm³/mol. The average Bonchev–Trinajstić information content (AvgIpc) is 2.38. The maximum Gasteiger partial charge on any atom is 0.404 e. The first-order valence-electron chi connectivity index (χ1n) is 6.58. The zero-order valence-electron chi connectivity index (χ0n) is 11.8. The van der Waals surface area contributed by atoms with Crippen LogP contribution in [0.5, 0.6) is 0 Å². The van der Waals surface area contributed by atoms with Crippen molar-refractivity contribution in [3.8, 4) is 0 Å². The minimum Gasteiger partial charge on any atom is -0.249 e. The highest BCUT2D eigenvalue weighted by atomic mass is 19.4. The molecule has 0 aliphatic carbocycles. The molecule has 0 bridgehead atoms. The molecule has 0 aliphatic rings. The van der Waals surface area contributed by atoms with E-state index in [0.29, 0.717) is 11.1 Å². The quantitative estimate of drug-likeness (QED) is 0.689. The second kappa shape index (κ2) is 5.51. The minimum absolute atomic E-state index is 0.0666. The third-order valence-electron chi connectivity index (χ3n) is 3.71. The standard InChI is InChI=1S/C17H16F4/c1-12-5-3-7-14(9-12)16(11-18,17(19,20)21)15-8-4-6-13(2)10-15/h3-10H,11H2,1-2H3. The van der Waals surface area contributed by atoms with Crippen molar-refractivity contribution in [2.75, 3.05) is 6.67 Å². The van der Waals surface area contributed by atoms with Gasteiger partial charge in [0.05, 0.1) is 0 Å². The van der Waals surface area contributed by atoms with Crippen LogP contribution in [0.25, 0.3) is 0 Å². The molecule has 0 aromatic heterocycles. The SMILES string of the molecule is Cc1cccc(C(CF)(c2cccc(C)c2)C(F)(F)F)c1. The van der Waals surface area contributed by atoms with Crippen LogP contribution in [0.3, 0.4) is 0 Å². The van der Waals surface area contributed by atoms with Crippen LogP contribution in [0.4, 0.5) is 17.6 Å². The van der Waals surface area contributed by atoms with E-state index in [0.717, 1.165) is 0 Å². The number of aryl methyl sites for hydroxylation is 2.